The van der Waals surface area contributed by atoms with Gasteiger partial charge in [-0.15, -0.1) is 11.3 Å². The number of ether oxygens (including phenoxy) is 1. The fourth-order valence-corrected chi connectivity index (χ4v) is 7.79. The maximum absolute atomic E-state index is 14.3. The van der Waals surface area contributed by atoms with Crippen LogP contribution in [-0.4, -0.2) is 89.2 Å². The molecule has 1 aromatic heterocycles. The van der Waals surface area contributed by atoms with Crippen molar-refractivity contribution < 1.29 is 23.9 Å². The molecule has 10 nitrogen and oxygen atoms in total. The quantitative estimate of drug-likeness (QED) is 0.528. The first-order valence-electron chi connectivity index (χ1n) is 15.2. The van der Waals surface area contributed by atoms with Gasteiger partial charge in [-0.2, -0.15) is 0 Å². The summed E-state index contributed by atoms with van der Waals surface area (Å²) in [5.74, 6) is 0.0261. The Kier molecular flexibility index (Phi) is 8.46. The predicted octanol–water partition coefficient (Wildman–Crippen LogP) is 3.04. The lowest BCUT2D eigenvalue weighted by Crippen LogP contribution is -2.50. The van der Waals surface area contributed by atoms with Gasteiger partial charge in [0.1, 0.15) is 16.7 Å². The van der Waals surface area contributed by atoms with Gasteiger partial charge in [0.05, 0.1) is 24.3 Å². The third-order valence-electron chi connectivity index (χ3n) is 9.37. The molecule has 1 unspecified atom stereocenters. The smallest absolute Gasteiger partial charge is 0.265 e. The Morgan fingerprint density at radius 3 is 2.62 bits per heavy atom. The number of nitrogens with one attached hydrogen (secondary N) is 1. The molecule has 4 atom stereocenters. The SMILES string of the molecule is CNC(=O)[C@@H]1CCCCC1C(=O)N1CCc2cccc(O[C@H]3CCN(C(=O)c4cncs4)C3)c2[C@H]1CN1CCCC1=O. The molecule has 11 heteroatoms. The first kappa shape index (κ1) is 28.6. The van der Waals surface area contributed by atoms with Crippen molar-refractivity contribution in [3.05, 3.63) is 45.9 Å². The predicted molar refractivity (Wildman–Crippen MR) is 157 cm³/mol. The third-order valence-corrected chi connectivity index (χ3v) is 10.1. The Labute approximate surface area is 250 Å². The lowest BCUT2D eigenvalue weighted by Gasteiger charge is -2.43. The zero-order valence-electron chi connectivity index (χ0n) is 24.1. The zero-order valence-corrected chi connectivity index (χ0v) is 24.9. The van der Waals surface area contributed by atoms with Crippen LogP contribution in [0.15, 0.2) is 29.9 Å². The van der Waals surface area contributed by atoms with E-state index in [1.807, 2.05) is 26.8 Å². The molecule has 42 heavy (non-hydrogen) atoms. The second-order valence-corrected chi connectivity index (χ2v) is 12.7. The fourth-order valence-electron chi connectivity index (χ4n) is 7.20. The number of nitrogens with zero attached hydrogens (tertiary/aromatic N) is 4. The number of carbonyl (C=O) groups is 4. The molecule has 3 aliphatic heterocycles. The summed E-state index contributed by atoms with van der Waals surface area (Å²) in [5, 5.41) is 2.77. The van der Waals surface area contributed by atoms with E-state index in [4.69, 9.17) is 4.74 Å². The minimum absolute atomic E-state index is 0.00240. The molecule has 4 aliphatic rings. The van der Waals surface area contributed by atoms with Gasteiger partial charge in [0.15, 0.2) is 0 Å². The van der Waals surface area contributed by atoms with Crippen molar-refractivity contribution in [3.8, 4) is 5.75 Å². The van der Waals surface area contributed by atoms with Gasteiger partial charge < -0.3 is 24.8 Å². The number of fused-ring (bicyclic) bond motifs is 1. The summed E-state index contributed by atoms with van der Waals surface area (Å²) in [6, 6.07) is 5.67. The van der Waals surface area contributed by atoms with E-state index in [1.165, 1.54) is 11.3 Å². The lowest BCUT2D eigenvalue weighted by molar-refractivity contribution is -0.147. The van der Waals surface area contributed by atoms with Gasteiger partial charge in [0.25, 0.3) is 5.91 Å². The first-order valence-corrected chi connectivity index (χ1v) is 16.1. The molecule has 1 aliphatic carbocycles. The van der Waals surface area contributed by atoms with E-state index >= 15 is 0 Å². The molecular formula is C31H39N5O5S. The number of thiazole rings is 1. The van der Waals surface area contributed by atoms with Gasteiger partial charge in [0, 0.05) is 63.5 Å². The topological polar surface area (TPSA) is 112 Å². The number of amides is 4. The standard InChI is InChI=1S/C31H39N5O5S/c1-32-29(38)22-7-2-3-8-23(22)30(39)36-15-11-20-6-4-9-25(28(20)24(36)18-34-13-5-10-27(34)37)41-21-12-14-35(17-21)31(40)26-16-33-19-42-26/h4,6,9,16,19,21-24H,2-3,5,7-8,10-15,17-18H2,1H3,(H,32,38)/t21-,22+,23?,24+/m0/s1. The fraction of sp³-hybridized carbons (Fsp3) is 0.581. The van der Waals surface area contributed by atoms with Crippen LogP contribution in [0, 0.1) is 11.8 Å². The Bertz CT molecular complexity index is 1330. The van der Waals surface area contributed by atoms with E-state index in [2.05, 4.69) is 16.4 Å². The van der Waals surface area contributed by atoms with Crippen LogP contribution in [0.2, 0.25) is 0 Å². The highest BCUT2D eigenvalue weighted by atomic mass is 32.1. The van der Waals surface area contributed by atoms with Crippen LogP contribution in [0.5, 0.6) is 5.75 Å². The lowest BCUT2D eigenvalue weighted by atomic mass is 9.77. The van der Waals surface area contributed by atoms with Crippen molar-refractivity contribution >= 4 is 35.0 Å². The van der Waals surface area contributed by atoms with Gasteiger partial charge in [-0.1, -0.05) is 25.0 Å². The zero-order chi connectivity index (χ0) is 29.2. The molecule has 2 saturated heterocycles. The van der Waals surface area contributed by atoms with Crippen LogP contribution in [0.1, 0.15) is 71.8 Å². The summed E-state index contributed by atoms with van der Waals surface area (Å²) in [6.07, 6.45) is 7.44. The van der Waals surface area contributed by atoms with Crippen LogP contribution in [-0.2, 0) is 20.8 Å². The average molecular weight is 594 g/mol. The Balaban J connectivity index is 1.28. The van der Waals surface area contributed by atoms with Crippen molar-refractivity contribution in [1.29, 1.82) is 0 Å². The molecular weight excluding hydrogens is 554 g/mol. The second-order valence-electron chi connectivity index (χ2n) is 11.8. The van der Waals surface area contributed by atoms with E-state index in [0.717, 1.165) is 30.4 Å². The molecule has 1 N–H and O–H groups in total. The highest BCUT2D eigenvalue weighted by Crippen LogP contribution is 2.41. The number of rotatable bonds is 7. The second kappa shape index (κ2) is 12.4. The van der Waals surface area contributed by atoms with Gasteiger partial charge in [-0.3, -0.25) is 24.2 Å². The normalized spacial score (nSPS) is 25.8. The molecule has 4 heterocycles. The van der Waals surface area contributed by atoms with Gasteiger partial charge in [-0.25, -0.2) is 0 Å². The number of carbonyl (C=O) groups excluding carboxylic acids is 4. The largest absolute Gasteiger partial charge is 0.488 e. The van der Waals surface area contributed by atoms with Crippen LogP contribution < -0.4 is 10.1 Å². The molecule has 0 spiro atoms. The molecule has 1 aromatic carbocycles. The molecule has 0 bridgehead atoms. The van der Waals surface area contributed by atoms with Crippen LogP contribution in [0.4, 0.5) is 0 Å². The first-order chi connectivity index (χ1) is 20.4. The summed E-state index contributed by atoms with van der Waals surface area (Å²) in [6.45, 7) is 2.72. The van der Waals surface area contributed by atoms with Crippen LogP contribution in [0.25, 0.3) is 0 Å². The van der Waals surface area contributed by atoms with Gasteiger partial charge in [-0.05, 0) is 37.3 Å². The Hall–Kier alpha value is -3.47. The maximum Gasteiger partial charge on any atom is 0.265 e. The van der Waals surface area contributed by atoms with Gasteiger partial charge >= 0.3 is 0 Å². The Morgan fingerprint density at radius 1 is 1.05 bits per heavy atom. The summed E-state index contributed by atoms with van der Waals surface area (Å²) in [4.78, 5) is 63.0. The monoisotopic (exact) mass is 593 g/mol. The van der Waals surface area contributed by atoms with Crippen molar-refractivity contribution in [2.24, 2.45) is 11.8 Å². The Morgan fingerprint density at radius 2 is 1.88 bits per heavy atom. The van der Waals surface area contributed by atoms with E-state index in [1.54, 1.807) is 18.8 Å². The molecule has 6 rings (SSSR count). The minimum atomic E-state index is -0.369. The van der Waals surface area contributed by atoms with E-state index in [0.29, 0.717) is 75.5 Å². The van der Waals surface area contributed by atoms with Crippen molar-refractivity contribution in [1.82, 2.24) is 25.0 Å². The summed E-state index contributed by atoms with van der Waals surface area (Å²) >= 11 is 1.34. The molecule has 224 valence electrons. The van der Waals surface area contributed by atoms with E-state index < -0.39 is 0 Å². The van der Waals surface area contributed by atoms with Crippen molar-refractivity contribution in [3.63, 3.8) is 0 Å². The molecule has 2 aromatic rings. The number of hydrogen-bond donors (Lipinski definition) is 1. The summed E-state index contributed by atoms with van der Waals surface area (Å²) in [5.41, 5.74) is 3.74. The maximum atomic E-state index is 14.3. The summed E-state index contributed by atoms with van der Waals surface area (Å²) in [7, 11) is 1.63. The number of benzene rings is 1. The van der Waals surface area contributed by atoms with E-state index in [9.17, 15) is 19.2 Å². The van der Waals surface area contributed by atoms with Crippen LogP contribution >= 0.6 is 11.3 Å². The number of aromatic nitrogens is 1. The highest BCUT2D eigenvalue weighted by molar-refractivity contribution is 7.11. The minimum Gasteiger partial charge on any atom is -0.488 e. The summed E-state index contributed by atoms with van der Waals surface area (Å²) < 4.78 is 6.63. The molecule has 4 amide bonds. The number of hydrogen-bond acceptors (Lipinski definition) is 7. The number of likely N-dealkylation sites (tertiary alicyclic amines) is 2. The molecule has 0 radical (unpaired) electrons. The van der Waals surface area contributed by atoms with Gasteiger partial charge in [0.2, 0.25) is 17.7 Å². The van der Waals surface area contributed by atoms with Crippen LogP contribution in [0.3, 0.4) is 0 Å². The highest BCUT2D eigenvalue weighted by Gasteiger charge is 2.43. The van der Waals surface area contributed by atoms with Crippen molar-refractivity contribution in [2.75, 3.05) is 39.8 Å². The third kappa shape index (κ3) is 5.63. The van der Waals surface area contributed by atoms with Crippen molar-refractivity contribution in [2.45, 2.75) is 63.5 Å². The van der Waals surface area contributed by atoms with E-state index in [-0.39, 0.29) is 47.6 Å². The molecule has 1 saturated carbocycles. The average Bonchev–Trinajstić information content (AvgIpc) is 3.80. The molecule has 3 fully saturated rings.